The van der Waals surface area contributed by atoms with Crippen LogP contribution in [0, 0.1) is 6.92 Å². The maximum atomic E-state index is 12.4. The Morgan fingerprint density at radius 1 is 1.45 bits per heavy atom. The van der Waals surface area contributed by atoms with Crippen LogP contribution in [0.25, 0.3) is 0 Å². The summed E-state index contributed by atoms with van der Waals surface area (Å²) in [6.45, 7) is 3.77. The van der Waals surface area contributed by atoms with Gasteiger partial charge in [-0.25, -0.2) is 0 Å². The number of anilines is 2. The number of aryl methyl sites for hydroxylation is 1. The largest absolute Gasteiger partial charge is 0.397 e. The van der Waals surface area contributed by atoms with Gasteiger partial charge in [0.15, 0.2) is 0 Å². The van der Waals surface area contributed by atoms with E-state index in [0.29, 0.717) is 31.5 Å². The Hall–Kier alpha value is -1.75. The maximum absolute atomic E-state index is 12.4. The second-order valence-electron chi connectivity index (χ2n) is 5.63. The molecule has 1 saturated heterocycles. The number of hydrogen-bond donors (Lipinski definition) is 2. The van der Waals surface area contributed by atoms with Crippen LogP contribution >= 0.6 is 0 Å². The van der Waals surface area contributed by atoms with Gasteiger partial charge in [-0.1, -0.05) is 6.07 Å². The third kappa shape index (κ3) is 2.72. The zero-order valence-corrected chi connectivity index (χ0v) is 11.8. The fourth-order valence-corrected chi connectivity index (χ4v) is 2.54. The monoisotopic (exact) mass is 275 g/mol. The van der Waals surface area contributed by atoms with Crippen LogP contribution in [0.2, 0.25) is 0 Å². The van der Waals surface area contributed by atoms with E-state index in [1.165, 1.54) is 0 Å². The highest BCUT2D eigenvalue weighted by atomic mass is 16.5. The predicted octanol–water partition coefficient (Wildman–Crippen LogP) is 1.06. The third-order valence-electron chi connectivity index (χ3n) is 3.85. The molecule has 1 amide bonds. The first-order chi connectivity index (χ1) is 9.65. The van der Waals surface area contributed by atoms with Crippen LogP contribution in [0.15, 0.2) is 18.2 Å². The first-order valence-electron chi connectivity index (χ1n) is 7.16. The van der Waals surface area contributed by atoms with Crippen molar-refractivity contribution in [1.82, 2.24) is 5.32 Å². The molecule has 0 bridgehead atoms. The molecule has 1 saturated carbocycles. The SMILES string of the molecule is Cc1ccc(N)c(N2CCOCC2C(=O)NC2CC2)c1. The second-order valence-corrected chi connectivity index (χ2v) is 5.63. The van der Waals surface area contributed by atoms with Crippen molar-refractivity contribution in [1.29, 1.82) is 0 Å². The van der Waals surface area contributed by atoms with Gasteiger partial charge >= 0.3 is 0 Å². The molecule has 1 aromatic carbocycles. The van der Waals surface area contributed by atoms with E-state index in [0.717, 1.165) is 24.1 Å². The van der Waals surface area contributed by atoms with Crippen LogP contribution in [0.4, 0.5) is 11.4 Å². The Morgan fingerprint density at radius 2 is 2.25 bits per heavy atom. The number of nitrogen functional groups attached to an aromatic ring is 1. The van der Waals surface area contributed by atoms with Gasteiger partial charge in [-0.2, -0.15) is 0 Å². The minimum atomic E-state index is -0.284. The highest BCUT2D eigenvalue weighted by Crippen LogP contribution is 2.28. The molecular weight excluding hydrogens is 254 g/mol. The van der Waals surface area contributed by atoms with Crippen LogP contribution in [-0.4, -0.2) is 37.7 Å². The number of nitrogens with one attached hydrogen (secondary N) is 1. The van der Waals surface area contributed by atoms with Gasteiger partial charge in [0, 0.05) is 12.6 Å². The standard InChI is InChI=1S/C15H21N3O2/c1-10-2-5-12(16)13(8-10)18-6-7-20-9-14(18)15(19)17-11-3-4-11/h2,5,8,11,14H,3-4,6-7,9,16H2,1H3,(H,17,19). The van der Waals surface area contributed by atoms with E-state index in [-0.39, 0.29) is 11.9 Å². The first-order valence-corrected chi connectivity index (χ1v) is 7.16. The van der Waals surface area contributed by atoms with Crippen molar-refractivity contribution in [2.75, 3.05) is 30.4 Å². The molecular formula is C15H21N3O2. The smallest absolute Gasteiger partial charge is 0.245 e. The minimum absolute atomic E-state index is 0.0492. The number of amides is 1. The summed E-state index contributed by atoms with van der Waals surface area (Å²) in [5.41, 5.74) is 8.87. The average molecular weight is 275 g/mol. The topological polar surface area (TPSA) is 67.6 Å². The van der Waals surface area contributed by atoms with Crippen molar-refractivity contribution in [3.8, 4) is 0 Å². The van der Waals surface area contributed by atoms with E-state index in [4.69, 9.17) is 10.5 Å². The fourth-order valence-electron chi connectivity index (χ4n) is 2.54. The third-order valence-corrected chi connectivity index (χ3v) is 3.85. The summed E-state index contributed by atoms with van der Waals surface area (Å²) in [6.07, 6.45) is 2.18. The van der Waals surface area contributed by atoms with E-state index in [1.54, 1.807) is 0 Å². The molecule has 0 spiro atoms. The number of rotatable bonds is 3. The van der Waals surface area contributed by atoms with Gasteiger partial charge in [-0.15, -0.1) is 0 Å². The lowest BCUT2D eigenvalue weighted by Gasteiger charge is -2.37. The molecule has 1 heterocycles. The van der Waals surface area contributed by atoms with Crippen molar-refractivity contribution in [3.05, 3.63) is 23.8 Å². The Morgan fingerprint density at radius 3 is 3.00 bits per heavy atom. The average Bonchev–Trinajstić information content (AvgIpc) is 3.25. The molecule has 2 aliphatic rings. The number of carbonyl (C=O) groups is 1. The number of benzene rings is 1. The summed E-state index contributed by atoms with van der Waals surface area (Å²) in [5, 5.41) is 3.06. The van der Waals surface area contributed by atoms with Crippen LogP contribution in [0.3, 0.4) is 0 Å². The molecule has 1 aliphatic carbocycles. The lowest BCUT2D eigenvalue weighted by Crippen LogP contribution is -2.54. The summed E-state index contributed by atoms with van der Waals surface area (Å²) < 4.78 is 5.48. The molecule has 3 rings (SSSR count). The molecule has 3 N–H and O–H groups in total. The molecule has 0 aromatic heterocycles. The second kappa shape index (κ2) is 5.32. The predicted molar refractivity (Wildman–Crippen MR) is 78.7 cm³/mol. The summed E-state index contributed by atoms with van der Waals surface area (Å²) in [6, 6.07) is 6.00. The van der Waals surface area contributed by atoms with Gasteiger partial charge in [0.25, 0.3) is 0 Å². The Bertz CT molecular complexity index is 514. The molecule has 5 nitrogen and oxygen atoms in total. The van der Waals surface area contributed by atoms with Crippen molar-refractivity contribution in [2.24, 2.45) is 0 Å². The zero-order chi connectivity index (χ0) is 14.1. The molecule has 108 valence electrons. The maximum Gasteiger partial charge on any atom is 0.245 e. The number of nitrogens with two attached hydrogens (primary N) is 1. The van der Waals surface area contributed by atoms with Gasteiger partial charge < -0.3 is 20.7 Å². The van der Waals surface area contributed by atoms with E-state index in [9.17, 15) is 4.79 Å². The number of nitrogens with zero attached hydrogens (tertiary/aromatic N) is 1. The molecule has 0 radical (unpaired) electrons. The van der Waals surface area contributed by atoms with Gasteiger partial charge in [0.05, 0.1) is 24.6 Å². The minimum Gasteiger partial charge on any atom is -0.397 e. The van der Waals surface area contributed by atoms with Crippen molar-refractivity contribution in [2.45, 2.75) is 31.8 Å². The van der Waals surface area contributed by atoms with E-state index >= 15 is 0 Å². The highest BCUT2D eigenvalue weighted by Gasteiger charge is 2.33. The van der Waals surface area contributed by atoms with Crippen molar-refractivity contribution in [3.63, 3.8) is 0 Å². The first kappa shape index (κ1) is 13.2. The Kier molecular flexibility index (Phi) is 3.53. The van der Waals surface area contributed by atoms with Gasteiger partial charge in [-0.3, -0.25) is 4.79 Å². The summed E-state index contributed by atoms with van der Waals surface area (Å²) >= 11 is 0. The van der Waals surface area contributed by atoms with Crippen molar-refractivity contribution < 1.29 is 9.53 Å². The molecule has 1 aliphatic heterocycles. The number of hydrogen-bond acceptors (Lipinski definition) is 4. The quantitative estimate of drug-likeness (QED) is 0.810. The number of carbonyl (C=O) groups excluding carboxylic acids is 1. The highest BCUT2D eigenvalue weighted by molar-refractivity contribution is 5.87. The molecule has 5 heteroatoms. The van der Waals surface area contributed by atoms with Crippen LogP contribution in [0.5, 0.6) is 0 Å². The molecule has 2 fully saturated rings. The fraction of sp³-hybridized carbons (Fsp3) is 0.533. The number of morpholine rings is 1. The van der Waals surface area contributed by atoms with Crippen LogP contribution < -0.4 is 16.0 Å². The van der Waals surface area contributed by atoms with Gasteiger partial charge in [0.1, 0.15) is 6.04 Å². The van der Waals surface area contributed by atoms with Crippen molar-refractivity contribution >= 4 is 17.3 Å². The van der Waals surface area contributed by atoms with E-state index in [2.05, 4.69) is 10.2 Å². The number of ether oxygens (including phenoxy) is 1. The summed E-state index contributed by atoms with van der Waals surface area (Å²) in [4.78, 5) is 14.4. The lowest BCUT2D eigenvalue weighted by molar-refractivity contribution is -0.124. The van der Waals surface area contributed by atoms with Gasteiger partial charge in [-0.05, 0) is 37.5 Å². The zero-order valence-electron chi connectivity index (χ0n) is 11.8. The van der Waals surface area contributed by atoms with E-state index in [1.807, 2.05) is 25.1 Å². The lowest BCUT2D eigenvalue weighted by atomic mass is 10.1. The Balaban J connectivity index is 1.83. The normalized spacial score (nSPS) is 22.6. The molecule has 20 heavy (non-hydrogen) atoms. The summed E-state index contributed by atoms with van der Waals surface area (Å²) in [5.74, 6) is 0.0492. The molecule has 1 unspecified atom stereocenters. The molecule has 1 aromatic rings. The molecule has 1 atom stereocenters. The van der Waals surface area contributed by atoms with E-state index < -0.39 is 0 Å². The van der Waals surface area contributed by atoms with Crippen LogP contribution in [-0.2, 0) is 9.53 Å². The van der Waals surface area contributed by atoms with Crippen LogP contribution in [0.1, 0.15) is 18.4 Å². The summed E-state index contributed by atoms with van der Waals surface area (Å²) in [7, 11) is 0. The van der Waals surface area contributed by atoms with Gasteiger partial charge in [0.2, 0.25) is 5.91 Å². The Labute approximate surface area is 119 Å².